The number of alkyl halides is 3. The highest BCUT2D eigenvalue weighted by Crippen LogP contribution is 2.29. The van der Waals surface area contributed by atoms with Crippen LogP contribution in [0.5, 0.6) is 11.5 Å². The van der Waals surface area contributed by atoms with Crippen molar-refractivity contribution >= 4 is 5.78 Å². The normalized spacial score (nSPS) is 11.4. The van der Waals surface area contributed by atoms with Crippen molar-refractivity contribution in [1.29, 1.82) is 0 Å². The number of phenols is 2. The molecule has 0 aromatic heterocycles. The molecule has 2 aromatic carbocycles. The molecule has 3 nitrogen and oxygen atoms in total. The first-order valence-electron chi connectivity index (χ1n) is 5.98. The molecule has 0 unspecified atom stereocenters. The van der Waals surface area contributed by atoms with E-state index >= 15 is 0 Å². The van der Waals surface area contributed by atoms with E-state index in [2.05, 4.69) is 0 Å². The van der Waals surface area contributed by atoms with Gasteiger partial charge < -0.3 is 10.2 Å². The number of aromatic hydroxyl groups is 2. The molecular weight excluding hydrogens is 285 g/mol. The van der Waals surface area contributed by atoms with Crippen molar-refractivity contribution in [1.82, 2.24) is 0 Å². The van der Waals surface area contributed by atoms with Gasteiger partial charge in [-0.3, -0.25) is 4.79 Å². The maximum atomic E-state index is 12.4. The van der Waals surface area contributed by atoms with Crippen LogP contribution in [0, 0.1) is 0 Å². The molecule has 0 atom stereocenters. The van der Waals surface area contributed by atoms with Gasteiger partial charge in [0.15, 0.2) is 5.78 Å². The fourth-order valence-corrected chi connectivity index (χ4v) is 1.84. The van der Waals surface area contributed by atoms with Crippen LogP contribution in [0.1, 0.15) is 21.5 Å². The van der Waals surface area contributed by atoms with E-state index in [0.29, 0.717) is 5.56 Å². The number of benzene rings is 2. The van der Waals surface area contributed by atoms with Gasteiger partial charge >= 0.3 is 6.18 Å². The highest BCUT2D eigenvalue weighted by molar-refractivity contribution is 6.00. The van der Waals surface area contributed by atoms with Crippen LogP contribution in [0.2, 0.25) is 0 Å². The van der Waals surface area contributed by atoms with Gasteiger partial charge in [0, 0.05) is 6.42 Å². The average molecular weight is 296 g/mol. The minimum absolute atomic E-state index is 0.0742. The van der Waals surface area contributed by atoms with Gasteiger partial charge in [0.25, 0.3) is 0 Å². The first-order chi connectivity index (χ1) is 9.77. The lowest BCUT2D eigenvalue weighted by atomic mass is 10.0. The number of ketones is 1. The van der Waals surface area contributed by atoms with Gasteiger partial charge in [-0.05, 0) is 35.9 Å². The molecule has 6 heteroatoms. The predicted molar refractivity (Wildman–Crippen MR) is 69.3 cm³/mol. The highest BCUT2D eigenvalue weighted by atomic mass is 19.4. The van der Waals surface area contributed by atoms with E-state index in [1.165, 1.54) is 24.3 Å². The van der Waals surface area contributed by atoms with Gasteiger partial charge in [-0.2, -0.15) is 13.2 Å². The largest absolute Gasteiger partial charge is 0.508 e. The van der Waals surface area contributed by atoms with Crippen molar-refractivity contribution in [3.8, 4) is 11.5 Å². The van der Waals surface area contributed by atoms with Crippen LogP contribution in [0.3, 0.4) is 0 Å². The molecule has 0 amide bonds. The van der Waals surface area contributed by atoms with Crippen LogP contribution in [-0.2, 0) is 12.6 Å². The Morgan fingerprint density at radius 1 is 1.00 bits per heavy atom. The molecule has 0 aliphatic carbocycles. The summed E-state index contributed by atoms with van der Waals surface area (Å²) in [5, 5.41) is 18.8. The summed E-state index contributed by atoms with van der Waals surface area (Å²) in [5.41, 5.74) is -0.482. The smallest absolute Gasteiger partial charge is 0.416 e. The molecular formula is C15H11F3O3. The van der Waals surface area contributed by atoms with Gasteiger partial charge in [0.2, 0.25) is 0 Å². The molecule has 110 valence electrons. The number of rotatable bonds is 3. The summed E-state index contributed by atoms with van der Waals surface area (Å²) >= 11 is 0. The summed E-state index contributed by atoms with van der Waals surface area (Å²) in [6.07, 6.45) is -4.60. The Labute approximate surface area is 118 Å². The van der Waals surface area contributed by atoms with E-state index in [1.807, 2.05) is 0 Å². The van der Waals surface area contributed by atoms with Crippen LogP contribution in [0.4, 0.5) is 13.2 Å². The lowest BCUT2D eigenvalue weighted by Gasteiger charge is -2.08. The molecule has 0 aliphatic heterocycles. The molecule has 0 heterocycles. The summed E-state index contributed by atoms with van der Waals surface area (Å²) < 4.78 is 37.2. The predicted octanol–water partition coefficient (Wildman–Crippen LogP) is 3.54. The molecule has 0 spiro atoms. The molecule has 21 heavy (non-hydrogen) atoms. The second-order valence-electron chi connectivity index (χ2n) is 4.50. The van der Waals surface area contributed by atoms with Crippen LogP contribution in [-0.4, -0.2) is 16.0 Å². The summed E-state index contributed by atoms with van der Waals surface area (Å²) in [6, 6.07) is 7.72. The average Bonchev–Trinajstić information content (AvgIpc) is 2.41. The number of phenolic OH excluding ortho intramolecular Hbond substituents is 2. The van der Waals surface area contributed by atoms with Crippen molar-refractivity contribution in [2.24, 2.45) is 0 Å². The summed E-state index contributed by atoms with van der Waals surface area (Å²) in [5.74, 6) is -0.962. The lowest BCUT2D eigenvalue weighted by molar-refractivity contribution is -0.137. The van der Waals surface area contributed by atoms with Gasteiger partial charge in [-0.25, -0.2) is 0 Å². The third-order valence-corrected chi connectivity index (χ3v) is 2.93. The third kappa shape index (κ3) is 3.53. The Morgan fingerprint density at radius 2 is 1.62 bits per heavy atom. The number of hydrogen-bond donors (Lipinski definition) is 2. The van der Waals surface area contributed by atoms with Crippen molar-refractivity contribution in [2.75, 3.05) is 0 Å². The third-order valence-electron chi connectivity index (χ3n) is 2.93. The zero-order valence-corrected chi connectivity index (χ0v) is 10.7. The highest BCUT2D eigenvalue weighted by Gasteiger charge is 2.30. The van der Waals surface area contributed by atoms with Crippen molar-refractivity contribution in [2.45, 2.75) is 12.6 Å². The standard InChI is InChI=1S/C15H11F3O3/c16-15(17,18)10-3-1-9(2-4-10)7-14(21)12-8-11(19)5-6-13(12)20/h1-6,8,19-20H,7H2. The Bertz CT molecular complexity index is 661. The molecule has 2 N–H and O–H groups in total. The van der Waals surface area contributed by atoms with Gasteiger partial charge in [0.05, 0.1) is 11.1 Å². The van der Waals surface area contributed by atoms with Crippen LogP contribution < -0.4 is 0 Å². The van der Waals surface area contributed by atoms with Crippen molar-refractivity contribution < 1.29 is 28.2 Å². The van der Waals surface area contributed by atoms with E-state index in [0.717, 1.165) is 18.2 Å². The number of carbonyl (C=O) groups excluding carboxylic acids is 1. The Hall–Kier alpha value is -2.50. The summed E-state index contributed by atoms with van der Waals surface area (Å²) in [6.45, 7) is 0. The number of hydrogen-bond acceptors (Lipinski definition) is 3. The van der Waals surface area contributed by atoms with Crippen LogP contribution >= 0.6 is 0 Å². The molecule has 0 saturated carbocycles. The van der Waals surface area contributed by atoms with Crippen molar-refractivity contribution in [3.05, 3.63) is 59.2 Å². The van der Waals surface area contributed by atoms with E-state index in [9.17, 15) is 28.2 Å². The zero-order chi connectivity index (χ0) is 15.6. The quantitative estimate of drug-likeness (QED) is 0.673. The minimum atomic E-state index is -4.42. The fraction of sp³-hybridized carbons (Fsp3) is 0.133. The summed E-state index contributed by atoms with van der Waals surface area (Å²) in [7, 11) is 0. The molecule has 0 aliphatic rings. The van der Waals surface area contributed by atoms with E-state index in [-0.39, 0.29) is 23.5 Å². The van der Waals surface area contributed by atoms with E-state index in [1.54, 1.807) is 0 Å². The number of carbonyl (C=O) groups is 1. The first kappa shape index (κ1) is 14.9. The maximum absolute atomic E-state index is 12.4. The molecule has 2 aromatic rings. The number of halogens is 3. The first-order valence-corrected chi connectivity index (χ1v) is 5.98. The Morgan fingerprint density at radius 3 is 2.19 bits per heavy atom. The molecule has 0 saturated heterocycles. The van der Waals surface area contributed by atoms with Gasteiger partial charge in [0.1, 0.15) is 11.5 Å². The fourth-order valence-electron chi connectivity index (χ4n) is 1.84. The number of Topliss-reactive ketones (excluding diaryl/α,β-unsaturated/α-hetero) is 1. The topological polar surface area (TPSA) is 57.5 Å². The second kappa shape index (κ2) is 5.47. The summed E-state index contributed by atoms with van der Waals surface area (Å²) in [4.78, 5) is 12.0. The maximum Gasteiger partial charge on any atom is 0.416 e. The molecule has 2 rings (SSSR count). The Balaban J connectivity index is 2.18. The molecule has 0 fully saturated rings. The molecule has 0 radical (unpaired) electrons. The van der Waals surface area contributed by atoms with E-state index in [4.69, 9.17) is 0 Å². The minimum Gasteiger partial charge on any atom is -0.508 e. The Kier molecular flexibility index (Phi) is 3.88. The lowest BCUT2D eigenvalue weighted by Crippen LogP contribution is -2.07. The van der Waals surface area contributed by atoms with Crippen LogP contribution in [0.15, 0.2) is 42.5 Å². The van der Waals surface area contributed by atoms with Gasteiger partial charge in [-0.1, -0.05) is 12.1 Å². The molecule has 0 bridgehead atoms. The van der Waals surface area contributed by atoms with Crippen molar-refractivity contribution in [3.63, 3.8) is 0 Å². The second-order valence-corrected chi connectivity index (χ2v) is 4.50. The van der Waals surface area contributed by atoms with E-state index < -0.39 is 17.5 Å². The SMILES string of the molecule is O=C(Cc1ccc(C(F)(F)F)cc1)c1cc(O)ccc1O. The van der Waals surface area contributed by atoms with Crippen LogP contribution in [0.25, 0.3) is 0 Å². The van der Waals surface area contributed by atoms with Gasteiger partial charge in [-0.15, -0.1) is 0 Å². The monoisotopic (exact) mass is 296 g/mol. The zero-order valence-electron chi connectivity index (χ0n) is 10.7.